The van der Waals surface area contributed by atoms with Crippen LogP contribution in [0.5, 0.6) is 5.75 Å². The molecule has 0 radical (unpaired) electrons. The van der Waals surface area contributed by atoms with E-state index in [0.29, 0.717) is 34.9 Å². The van der Waals surface area contributed by atoms with Crippen molar-refractivity contribution in [2.75, 3.05) is 17.7 Å². The van der Waals surface area contributed by atoms with Gasteiger partial charge in [0.05, 0.1) is 17.9 Å². The van der Waals surface area contributed by atoms with Crippen molar-refractivity contribution < 1.29 is 13.9 Å². The number of hydrogen-bond acceptors (Lipinski definition) is 3. The van der Waals surface area contributed by atoms with Crippen LogP contribution < -0.4 is 15.8 Å². The van der Waals surface area contributed by atoms with Crippen molar-refractivity contribution in [3.63, 3.8) is 0 Å². The van der Waals surface area contributed by atoms with Gasteiger partial charge in [-0.05, 0) is 49.7 Å². The molecule has 3 N–H and O–H groups in total. The highest BCUT2D eigenvalue weighted by Gasteiger charge is 2.15. The number of rotatable bonds is 4. The Balaban J connectivity index is 2.30. The molecule has 0 saturated heterocycles. The molecular weight excluding hydrogens is 271 g/mol. The van der Waals surface area contributed by atoms with E-state index in [1.54, 1.807) is 25.1 Å². The highest BCUT2D eigenvalue weighted by Crippen LogP contribution is 2.27. The number of para-hydroxylation sites is 1. The molecule has 0 heterocycles. The lowest BCUT2D eigenvalue weighted by molar-refractivity contribution is 0.102. The second-order valence-corrected chi connectivity index (χ2v) is 4.57. The number of benzene rings is 2. The van der Waals surface area contributed by atoms with Crippen LogP contribution in [0.25, 0.3) is 0 Å². The van der Waals surface area contributed by atoms with Gasteiger partial charge in [0.1, 0.15) is 5.82 Å². The summed E-state index contributed by atoms with van der Waals surface area (Å²) in [6, 6.07) is 9.17. The first-order valence-electron chi connectivity index (χ1n) is 6.61. The molecule has 0 saturated carbocycles. The van der Waals surface area contributed by atoms with Gasteiger partial charge in [0.15, 0.2) is 5.75 Å². The quantitative estimate of drug-likeness (QED) is 0.848. The molecule has 0 aliphatic rings. The number of halogens is 1. The van der Waals surface area contributed by atoms with E-state index >= 15 is 0 Å². The number of amides is 1. The Morgan fingerprint density at radius 2 is 2.10 bits per heavy atom. The van der Waals surface area contributed by atoms with Gasteiger partial charge >= 0.3 is 0 Å². The van der Waals surface area contributed by atoms with E-state index in [-0.39, 0.29) is 11.7 Å². The van der Waals surface area contributed by atoms with E-state index < -0.39 is 0 Å². The lowest BCUT2D eigenvalue weighted by Crippen LogP contribution is -2.15. The van der Waals surface area contributed by atoms with Gasteiger partial charge in [-0.15, -0.1) is 0 Å². The molecule has 0 aliphatic carbocycles. The van der Waals surface area contributed by atoms with Gasteiger partial charge in [-0.2, -0.15) is 0 Å². The monoisotopic (exact) mass is 288 g/mol. The van der Waals surface area contributed by atoms with E-state index in [4.69, 9.17) is 10.5 Å². The van der Waals surface area contributed by atoms with Crippen molar-refractivity contribution in [3.05, 3.63) is 53.3 Å². The second-order valence-electron chi connectivity index (χ2n) is 4.57. The molecule has 0 spiro atoms. The molecule has 0 atom stereocenters. The number of hydrogen-bond donors (Lipinski definition) is 2. The number of nitrogens with one attached hydrogen (secondary N) is 1. The molecule has 0 unspecified atom stereocenters. The number of carbonyl (C=O) groups is 1. The van der Waals surface area contributed by atoms with Gasteiger partial charge in [-0.1, -0.05) is 6.07 Å². The van der Waals surface area contributed by atoms with E-state index in [1.807, 2.05) is 6.92 Å². The smallest absolute Gasteiger partial charge is 0.259 e. The van der Waals surface area contributed by atoms with E-state index in [1.165, 1.54) is 18.2 Å². The fourth-order valence-corrected chi connectivity index (χ4v) is 2.00. The van der Waals surface area contributed by atoms with Crippen molar-refractivity contribution in [1.82, 2.24) is 0 Å². The fourth-order valence-electron chi connectivity index (χ4n) is 2.00. The highest BCUT2D eigenvalue weighted by atomic mass is 19.1. The van der Waals surface area contributed by atoms with Gasteiger partial charge in [0.25, 0.3) is 5.91 Å². The van der Waals surface area contributed by atoms with Crippen LogP contribution in [-0.2, 0) is 0 Å². The minimum Gasteiger partial charge on any atom is -0.491 e. The first kappa shape index (κ1) is 14.8. The van der Waals surface area contributed by atoms with E-state index in [0.717, 1.165) is 0 Å². The molecule has 4 nitrogen and oxygen atoms in total. The van der Waals surface area contributed by atoms with Gasteiger partial charge < -0.3 is 15.8 Å². The standard InChI is InChI=1S/C16H17FN2O2/c1-3-21-15-12(5-4-6-13(15)18)16(20)19-14-8-7-11(17)9-10(14)2/h4-9H,3,18H2,1-2H3,(H,19,20). The molecule has 0 fully saturated rings. The molecule has 21 heavy (non-hydrogen) atoms. The lowest BCUT2D eigenvalue weighted by atomic mass is 10.1. The molecule has 0 aliphatic heterocycles. The Bertz CT molecular complexity index is 671. The van der Waals surface area contributed by atoms with Crippen LogP contribution in [0.2, 0.25) is 0 Å². The average molecular weight is 288 g/mol. The summed E-state index contributed by atoms with van der Waals surface area (Å²) in [5.74, 6) is -0.331. The Morgan fingerprint density at radius 3 is 2.76 bits per heavy atom. The number of nitrogen functional groups attached to an aromatic ring is 1. The third-order valence-corrected chi connectivity index (χ3v) is 3.02. The molecule has 0 aromatic heterocycles. The van der Waals surface area contributed by atoms with Crippen molar-refractivity contribution in [3.8, 4) is 5.75 Å². The fraction of sp³-hybridized carbons (Fsp3) is 0.188. The van der Waals surface area contributed by atoms with Crippen molar-refractivity contribution >= 4 is 17.3 Å². The third-order valence-electron chi connectivity index (χ3n) is 3.02. The van der Waals surface area contributed by atoms with Crippen LogP contribution in [0.4, 0.5) is 15.8 Å². The zero-order chi connectivity index (χ0) is 15.4. The number of carbonyl (C=O) groups excluding carboxylic acids is 1. The minimum atomic E-state index is -0.347. The molecule has 2 aromatic carbocycles. The Kier molecular flexibility index (Phi) is 4.42. The Labute approximate surface area is 122 Å². The molecular formula is C16H17FN2O2. The van der Waals surface area contributed by atoms with Crippen LogP contribution in [0, 0.1) is 12.7 Å². The van der Waals surface area contributed by atoms with Crippen molar-refractivity contribution in [2.45, 2.75) is 13.8 Å². The van der Waals surface area contributed by atoms with Crippen molar-refractivity contribution in [2.24, 2.45) is 0 Å². The average Bonchev–Trinajstić information content (AvgIpc) is 2.44. The summed E-state index contributed by atoms with van der Waals surface area (Å²) in [6.07, 6.45) is 0. The lowest BCUT2D eigenvalue weighted by Gasteiger charge is -2.13. The number of anilines is 2. The summed E-state index contributed by atoms with van der Waals surface area (Å²) in [5.41, 5.74) is 7.78. The Hall–Kier alpha value is -2.56. The van der Waals surface area contributed by atoms with E-state index in [9.17, 15) is 9.18 Å². The molecule has 110 valence electrons. The van der Waals surface area contributed by atoms with Crippen LogP contribution in [0.1, 0.15) is 22.8 Å². The van der Waals surface area contributed by atoms with E-state index in [2.05, 4.69) is 5.32 Å². The van der Waals surface area contributed by atoms with Gasteiger partial charge in [0.2, 0.25) is 0 Å². The van der Waals surface area contributed by atoms with Crippen LogP contribution in [0.3, 0.4) is 0 Å². The first-order chi connectivity index (χ1) is 10.0. The van der Waals surface area contributed by atoms with Gasteiger partial charge in [-0.25, -0.2) is 4.39 Å². The minimum absolute atomic E-state index is 0.343. The molecule has 0 bridgehead atoms. The summed E-state index contributed by atoms with van der Waals surface area (Å²) in [5, 5.41) is 2.74. The van der Waals surface area contributed by atoms with Crippen LogP contribution >= 0.6 is 0 Å². The van der Waals surface area contributed by atoms with Gasteiger partial charge in [0, 0.05) is 5.69 Å². The number of ether oxygens (including phenoxy) is 1. The Morgan fingerprint density at radius 1 is 1.33 bits per heavy atom. The summed E-state index contributed by atoms with van der Waals surface area (Å²) in [6.45, 7) is 3.95. The normalized spacial score (nSPS) is 10.2. The third kappa shape index (κ3) is 3.31. The zero-order valence-corrected chi connectivity index (χ0v) is 11.9. The van der Waals surface area contributed by atoms with Crippen molar-refractivity contribution in [1.29, 1.82) is 0 Å². The molecule has 2 aromatic rings. The maximum absolute atomic E-state index is 13.1. The number of nitrogens with two attached hydrogens (primary N) is 1. The number of aryl methyl sites for hydroxylation is 1. The largest absolute Gasteiger partial charge is 0.491 e. The molecule has 2 rings (SSSR count). The summed E-state index contributed by atoms with van der Waals surface area (Å²) >= 11 is 0. The topological polar surface area (TPSA) is 64.3 Å². The first-order valence-corrected chi connectivity index (χ1v) is 6.61. The van der Waals surface area contributed by atoms with Crippen LogP contribution in [-0.4, -0.2) is 12.5 Å². The second kappa shape index (κ2) is 6.26. The molecule has 5 heteroatoms. The predicted molar refractivity (Wildman–Crippen MR) is 81.1 cm³/mol. The van der Waals surface area contributed by atoms with Gasteiger partial charge in [-0.3, -0.25) is 4.79 Å². The SMILES string of the molecule is CCOc1c(N)cccc1C(=O)Nc1ccc(F)cc1C. The maximum Gasteiger partial charge on any atom is 0.259 e. The summed E-state index contributed by atoms with van der Waals surface area (Å²) < 4.78 is 18.5. The highest BCUT2D eigenvalue weighted by molar-refractivity contribution is 6.07. The predicted octanol–water partition coefficient (Wildman–Crippen LogP) is 3.37. The maximum atomic E-state index is 13.1. The summed E-state index contributed by atoms with van der Waals surface area (Å²) in [7, 11) is 0. The van der Waals surface area contributed by atoms with Crippen LogP contribution in [0.15, 0.2) is 36.4 Å². The zero-order valence-electron chi connectivity index (χ0n) is 11.9. The molecule has 1 amide bonds. The summed E-state index contributed by atoms with van der Waals surface area (Å²) in [4.78, 5) is 12.4.